The molecule has 0 N–H and O–H groups in total. The van der Waals surface area contributed by atoms with Crippen molar-refractivity contribution in [3.8, 4) is 0 Å². The summed E-state index contributed by atoms with van der Waals surface area (Å²) >= 11 is 0. The van der Waals surface area contributed by atoms with E-state index in [1.807, 2.05) is 29.2 Å². The second-order valence-electron chi connectivity index (χ2n) is 6.52. The molecule has 2 aliphatic heterocycles. The van der Waals surface area contributed by atoms with Crippen molar-refractivity contribution in [3.63, 3.8) is 0 Å². The van der Waals surface area contributed by atoms with Gasteiger partial charge in [0.05, 0.1) is 18.1 Å². The van der Waals surface area contributed by atoms with E-state index in [1.165, 1.54) is 0 Å². The Bertz CT molecular complexity index is 696. The van der Waals surface area contributed by atoms with Crippen LogP contribution in [0.4, 0.5) is 0 Å². The molecular weight excluding hydrogens is 328 g/mol. The van der Waals surface area contributed by atoms with E-state index in [9.17, 15) is 13.2 Å². The zero-order valence-electron chi connectivity index (χ0n) is 14.0. The smallest absolute Gasteiger partial charge is 0.253 e. The molecular formula is C17H24N2O4S. The molecule has 2 saturated heterocycles. The second kappa shape index (κ2) is 7.21. The predicted molar refractivity (Wildman–Crippen MR) is 91.7 cm³/mol. The molecule has 0 spiro atoms. The van der Waals surface area contributed by atoms with Crippen LogP contribution in [0.1, 0.15) is 22.3 Å². The highest BCUT2D eigenvalue weighted by Crippen LogP contribution is 2.20. The molecule has 132 valence electrons. The van der Waals surface area contributed by atoms with Crippen LogP contribution in [0.5, 0.6) is 0 Å². The first-order chi connectivity index (χ1) is 11.5. The molecule has 0 aliphatic carbocycles. The van der Waals surface area contributed by atoms with Gasteiger partial charge in [0.25, 0.3) is 5.91 Å². The minimum atomic E-state index is -2.86. The number of hydrogen-bond acceptors (Lipinski definition) is 5. The summed E-state index contributed by atoms with van der Waals surface area (Å²) in [5, 5.41) is 0. The molecule has 0 radical (unpaired) electrons. The number of hydrogen-bond donors (Lipinski definition) is 0. The molecule has 2 aliphatic rings. The van der Waals surface area contributed by atoms with Crippen molar-refractivity contribution in [1.82, 2.24) is 9.80 Å². The molecule has 1 aromatic carbocycles. The minimum Gasteiger partial charge on any atom is -0.380 e. The number of carbonyl (C=O) groups excluding carboxylic acids is 1. The third kappa shape index (κ3) is 3.96. The Morgan fingerprint density at radius 1 is 1.25 bits per heavy atom. The van der Waals surface area contributed by atoms with Gasteiger partial charge in [-0.2, -0.15) is 0 Å². The van der Waals surface area contributed by atoms with Crippen LogP contribution >= 0.6 is 0 Å². The van der Waals surface area contributed by atoms with Crippen molar-refractivity contribution >= 4 is 15.7 Å². The third-order valence-electron chi connectivity index (χ3n) is 4.81. The lowest BCUT2D eigenvalue weighted by molar-refractivity contribution is 0.0587. The Labute approximate surface area is 143 Å². The van der Waals surface area contributed by atoms with Crippen LogP contribution in [0, 0.1) is 0 Å². The Morgan fingerprint density at radius 3 is 2.62 bits per heavy atom. The van der Waals surface area contributed by atoms with Gasteiger partial charge in [-0.1, -0.05) is 12.1 Å². The molecule has 24 heavy (non-hydrogen) atoms. The van der Waals surface area contributed by atoms with Gasteiger partial charge in [0, 0.05) is 44.9 Å². The quantitative estimate of drug-likeness (QED) is 0.801. The maximum atomic E-state index is 12.7. The van der Waals surface area contributed by atoms with Crippen molar-refractivity contribution in [1.29, 1.82) is 0 Å². The Hall–Kier alpha value is -1.44. The van der Waals surface area contributed by atoms with Crippen LogP contribution in [-0.2, 0) is 21.2 Å². The maximum Gasteiger partial charge on any atom is 0.253 e. The number of amides is 1. The Balaban J connectivity index is 1.58. The fourth-order valence-electron chi connectivity index (χ4n) is 3.50. The summed E-state index contributed by atoms with van der Waals surface area (Å²) in [5.74, 6) is 0.593. The van der Waals surface area contributed by atoms with Gasteiger partial charge in [-0.05, 0) is 24.1 Å². The summed E-state index contributed by atoms with van der Waals surface area (Å²) < 4.78 is 28.4. The predicted octanol–water partition coefficient (Wildman–Crippen LogP) is 0.778. The van der Waals surface area contributed by atoms with Crippen LogP contribution in [0.2, 0.25) is 0 Å². The fraction of sp³-hybridized carbons (Fsp3) is 0.588. The first-order valence-corrected chi connectivity index (χ1v) is 10.1. The summed E-state index contributed by atoms with van der Waals surface area (Å²) in [6.45, 7) is 3.26. The molecule has 0 saturated carbocycles. The molecule has 1 aromatic rings. The van der Waals surface area contributed by atoms with Gasteiger partial charge in [-0.15, -0.1) is 0 Å². The van der Waals surface area contributed by atoms with Crippen molar-refractivity contribution in [2.75, 3.05) is 44.8 Å². The average Bonchev–Trinajstić information content (AvgIpc) is 2.95. The van der Waals surface area contributed by atoms with E-state index in [0.29, 0.717) is 31.0 Å². The summed E-state index contributed by atoms with van der Waals surface area (Å²) in [5.41, 5.74) is 1.67. The summed E-state index contributed by atoms with van der Waals surface area (Å²) in [7, 11) is -1.23. The molecule has 1 amide bonds. The standard InChI is InChI=1S/C17H24N2O4S/c1-23-12-14-3-2-4-15(11-14)17(20)19-8-6-18(7-9-19)16-5-10-24(21,22)13-16/h2-4,11,16H,5-10,12-13H2,1H3. The van der Waals surface area contributed by atoms with E-state index >= 15 is 0 Å². The number of nitrogens with zero attached hydrogens (tertiary/aromatic N) is 2. The molecule has 6 nitrogen and oxygen atoms in total. The van der Waals surface area contributed by atoms with Gasteiger partial charge in [0.15, 0.2) is 9.84 Å². The van der Waals surface area contributed by atoms with Crippen molar-refractivity contribution in [3.05, 3.63) is 35.4 Å². The third-order valence-corrected chi connectivity index (χ3v) is 6.56. The van der Waals surface area contributed by atoms with E-state index < -0.39 is 9.84 Å². The van der Waals surface area contributed by atoms with Crippen LogP contribution in [-0.4, -0.2) is 75.0 Å². The second-order valence-corrected chi connectivity index (χ2v) is 8.75. The van der Waals surface area contributed by atoms with Gasteiger partial charge >= 0.3 is 0 Å². The van der Waals surface area contributed by atoms with E-state index in [2.05, 4.69) is 4.90 Å². The van der Waals surface area contributed by atoms with E-state index in [4.69, 9.17) is 4.74 Å². The molecule has 0 bridgehead atoms. The molecule has 7 heteroatoms. The normalized spacial score (nSPS) is 24.2. The molecule has 1 unspecified atom stereocenters. The van der Waals surface area contributed by atoms with Gasteiger partial charge < -0.3 is 9.64 Å². The van der Waals surface area contributed by atoms with Crippen molar-refractivity contribution in [2.45, 2.75) is 19.1 Å². The monoisotopic (exact) mass is 352 g/mol. The first kappa shape index (κ1) is 17.4. The number of carbonyl (C=O) groups is 1. The van der Waals surface area contributed by atoms with Crippen molar-refractivity contribution < 1.29 is 17.9 Å². The van der Waals surface area contributed by atoms with Crippen LogP contribution in [0.15, 0.2) is 24.3 Å². The molecule has 1 atom stereocenters. The van der Waals surface area contributed by atoms with Gasteiger partial charge in [-0.3, -0.25) is 9.69 Å². The van der Waals surface area contributed by atoms with E-state index in [1.54, 1.807) is 7.11 Å². The zero-order valence-corrected chi connectivity index (χ0v) is 14.8. The lowest BCUT2D eigenvalue weighted by Crippen LogP contribution is -2.52. The first-order valence-electron chi connectivity index (χ1n) is 8.30. The summed E-state index contributed by atoms with van der Waals surface area (Å²) in [4.78, 5) is 16.7. The number of rotatable bonds is 4. The Morgan fingerprint density at radius 2 is 2.00 bits per heavy atom. The summed E-state index contributed by atoms with van der Waals surface area (Å²) in [6, 6.07) is 7.65. The largest absolute Gasteiger partial charge is 0.380 e. The lowest BCUT2D eigenvalue weighted by Gasteiger charge is -2.37. The molecule has 2 heterocycles. The number of methoxy groups -OCH3 is 1. The molecule has 2 fully saturated rings. The van der Waals surface area contributed by atoms with Crippen LogP contribution < -0.4 is 0 Å². The topological polar surface area (TPSA) is 66.9 Å². The maximum absolute atomic E-state index is 12.7. The number of benzene rings is 1. The SMILES string of the molecule is COCc1cccc(C(=O)N2CCN(C3CCS(=O)(=O)C3)CC2)c1. The highest BCUT2D eigenvalue weighted by atomic mass is 32.2. The zero-order chi connectivity index (χ0) is 17.2. The Kier molecular flexibility index (Phi) is 5.22. The molecule has 3 rings (SSSR count). The van der Waals surface area contributed by atoms with Crippen molar-refractivity contribution in [2.24, 2.45) is 0 Å². The number of sulfone groups is 1. The number of ether oxygens (including phenoxy) is 1. The number of piperazine rings is 1. The highest BCUT2D eigenvalue weighted by molar-refractivity contribution is 7.91. The fourth-order valence-corrected chi connectivity index (χ4v) is 5.26. The van der Waals surface area contributed by atoms with E-state index in [-0.39, 0.29) is 17.7 Å². The minimum absolute atomic E-state index is 0.0339. The summed E-state index contributed by atoms with van der Waals surface area (Å²) in [6.07, 6.45) is 0.718. The van der Waals surface area contributed by atoms with Gasteiger partial charge in [0.2, 0.25) is 0 Å². The van der Waals surface area contributed by atoms with E-state index in [0.717, 1.165) is 25.1 Å². The average molecular weight is 352 g/mol. The van der Waals surface area contributed by atoms with Gasteiger partial charge in [0.1, 0.15) is 0 Å². The van der Waals surface area contributed by atoms with Crippen LogP contribution in [0.25, 0.3) is 0 Å². The lowest BCUT2D eigenvalue weighted by atomic mass is 10.1. The van der Waals surface area contributed by atoms with Crippen LogP contribution in [0.3, 0.4) is 0 Å². The molecule has 0 aromatic heterocycles. The van der Waals surface area contributed by atoms with Gasteiger partial charge in [-0.25, -0.2) is 8.42 Å². The highest BCUT2D eigenvalue weighted by Gasteiger charge is 2.34.